The van der Waals surface area contributed by atoms with Crippen LogP contribution in [0.3, 0.4) is 0 Å². The average Bonchev–Trinajstić information content (AvgIpc) is 2.84. The largest absolute Gasteiger partial charge is 0.416 e. The molecule has 0 bridgehead atoms. The van der Waals surface area contributed by atoms with Crippen LogP contribution in [0.15, 0.2) is 29.6 Å². The number of rotatable bonds is 4. The Balaban J connectivity index is 2.24. The Bertz CT molecular complexity index is 549. The molecule has 0 unspecified atom stereocenters. The van der Waals surface area contributed by atoms with Gasteiger partial charge in [-0.25, -0.2) is 4.98 Å². The van der Waals surface area contributed by atoms with Crippen molar-refractivity contribution >= 4 is 11.3 Å². The second-order valence-corrected chi connectivity index (χ2v) is 5.00. The Kier molecular flexibility index (Phi) is 4.21. The van der Waals surface area contributed by atoms with Crippen molar-refractivity contribution in [2.45, 2.75) is 12.6 Å². The molecule has 19 heavy (non-hydrogen) atoms. The molecular weight excluding hydrogens is 273 g/mol. The summed E-state index contributed by atoms with van der Waals surface area (Å²) in [5, 5.41) is 5.72. The average molecular weight is 286 g/mol. The predicted octanol–water partition coefficient (Wildman–Crippen LogP) is 3.59. The van der Waals surface area contributed by atoms with E-state index in [1.54, 1.807) is 11.4 Å². The van der Waals surface area contributed by atoms with Gasteiger partial charge in [-0.1, -0.05) is 12.1 Å². The number of nitrogens with one attached hydrogen (secondary N) is 1. The molecule has 0 aliphatic carbocycles. The molecule has 0 saturated heterocycles. The SMILES string of the molecule is CNCCc1nc(-c2cccc(C(F)(F)F)c2)cs1. The molecule has 0 atom stereocenters. The summed E-state index contributed by atoms with van der Waals surface area (Å²) in [6.07, 6.45) is -3.54. The maximum atomic E-state index is 12.6. The molecule has 1 aromatic heterocycles. The lowest BCUT2D eigenvalue weighted by molar-refractivity contribution is -0.137. The molecule has 0 fully saturated rings. The van der Waals surface area contributed by atoms with Crippen LogP contribution >= 0.6 is 11.3 Å². The minimum absolute atomic E-state index is 0.502. The fraction of sp³-hybridized carbons (Fsp3) is 0.308. The van der Waals surface area contributed by atoms with E-state index in [0.29, 0.717) is 11.3 Å². The topological polar surface area (TPSA) is 24.9 Å². The first-order valence-electron chi connectivity index (χ1n) is 5.77. The van der Waals surface area contributed by atoms with E-state index in [1.807, 2.05) is 7.05 Å². The Morgan fingerprint density at radius 3 is 2.79 bits per heavy atom. The van der Waals surface area contributed by atoms with Gasteiger partial charge in [0.1, 0.15) is 0 Å². The van der Waals surface area contributed by atoms with Crippen LogP contribution in [0.5, 0.6) is 0 Å². The minimum Gasteiger partial charge on any atom is -0.319 e. The summed E-state index contributed by atoms with van der Waals surface area (Å²) in [5.41, 5.74) is 0.457. The number of aromatic nitrogens is 1. The minimum atomic E-state index is -4.32. The maximum Gasteiger partial charge on any atom is 0.416 e. The van der Waals surface area contributed by atoms with E-state index in [1.165, 1.54) is 17.4 Å². The molecule has 2 aromatic rings. The molecule has 0 aliphatic rings. The summed E-state index contributed by atoms with van der Waals surface area (Å²) in [6.45, 7) is 0.801. The Hall–Kier alpha value is -1.40. The van der Waals surface area contributed by atoms with Gasteiger partial charge in [0.15, 0.2) is 0 Å². The number of likely N-dealkylation sites (N-methyl/N-ethyl adjacent to an activating group) is 1. The van der Waals surface area contributed by atoms with E-state index in [2.05, 4.69) is 10.3 Å². The lowest BCUT2D eigenvalue weighted by Crippen LogP contribution is -2.09. The van der Waals surface area contributed by atoms with Gasteiger partial charge in [0.05, 0.1) is 16.3 Å². The van der Waals surface area contributed by atoms with E-state index < -0.39 is 11.7 Å². The Labute approximate surface area is 113 Å². The molecule has 0 saturated carbocycles. The second-order valence-electron chi connectivity index (χ2n) is 4.06. The van der Waals surface area contributed by atoms with Gasteiger partial charge >= 0.3 is 6.18 Å². The first-order chi connectivity index (χ1) is 9.00. The van der Waals surface area contributed by atoms with Gasteiger partial charge in [-0.2, -0.15) is 13.2 Å². The smallest absolute Gasteiger partial charge is 0.319 e. The first kappa shape index (κ1) is 14.0. The molecule has 1 heterocycles. The highest BCUT2D eigenvalue weighted by atomic mass is 32.1. The fourth-order valence-corrected chi connectivity index (χ4v) is 2.45. The molecule has 0 radical (unpaired) electrons. The van der Waals surface area contributed by atoms with Crippen LogP contribution in [0.25, 0.3) is 11.3 Å². The number of hydrogen-bond donors (Lipinski definition) is 1. The Morgan fingerprint density at radius 1 is 1.32 bits per heavy atom. The molecule has 6 heteroatoms. The molecule has 0 aliphatic heterocycles. The summed E-state index contributed by atoms with van der Waals surface area (Å²) in [4.78, 5) is 4.35. The number of hydrogen-bond acceptors (Lipinski definition) is 3. The van der Waals surface area contributed by atoms with Crippen LogP contribution in [-0.4, -0.2) is 18.6 Å². The van der Waals surface area contributed by atoms with Crippen molar-refractivity contribution in [3.8, 4) is 11.3 Å². The van der Waals surface area contributed by atoms with Gasteiger partial charge in [0.2, 0.25) is 0 Å². The lowest BCUT2D eigenvalue weighted by atomic mass is 10.1. The summed E-state index contributed by atoms with van der Waals surface area (Å²) in [6, 6.07) is 5.26. The van der Waals surface area contributed by atoms with Crippen LogP contribution in [0.1, 0.15) is 10.6 Å². The van der Waals surface area contributed by atoms with Crippen molar-refractivity contribution in [2.75, 3.05) is 13.6 Å². The van der Waals surface area contributed by atoms with Gasteiger partial charge in [-0.15, -0.1) is 11.3 Å². The number of alkyl halides is 3. The normalized spacial score (nSPS) is 11.8. The highest BCUT2D eigenvalue weighted by molar-refractivity contribution is 7.09. The molecule has 102 valence electrons. The summed E-state index contributed by atoms with van der Waals surface area (Å²) in [5.74, 6) is 0. The molecule has 0 spiro atoms. The lowest BCUT2D eigenvalue weighted by Gasteiger charge is -2.07. The van der Waals surface area contributed by atoms with E-state index in [0.717, 1.165) is 30.1 Å². The van der Waals surface area contributed by atoms with Gasteiger partial charge in [0, 0.05) is 23.9 Å². The van der Waals surface area contributed by atoms with Crippen molar-refractivity contribution in [3.63, 3.8) is 0 Å². The highest BCUT2D eigenvalue weighted by Gasteiger charge is 2.30. The third-order valence-corrected chi connectivity index (χ3v) is 3.53. The number of halogens is 3. The summed E-state index contributed by atoms with van der Waals surface area (Å²) in [7, 11) is 1.85. The number of thiazole rings is 1. The van der Waals surface area contributed by atoms with Crippen molar-refractivity contribution in [3.05, 3.63) is 40.2 Å². The van der Waals surface area contributed by atoms with Crippen molar-refractivity contribution in [1.82, 2.24) is 10.3 Å². The van der Waals surface area contributed by atoms with E-state index in [9.17, 15) is 13.2 Å². The van der Waals surface area contributed by atoms with Crippen LogP contribution in [0, 0.1) is 0 Å². The number of benzene rings is 1. The van der Waals surface area contributed by atoms with E-state index in [4.69, 9.17) is 0 Å². The zero-order chi connectivity index (χ0) is 13.9. The van der Waals surface area contributed by atoms with Crippen molar-refractivity contribution in [2.24, 2.45) is 0 Å². The zero-order valence-corrected chi connectivity index (χ0v) is 11.1. The van der Waals surface area contributed by atoms with Crippen LogP contribution in [-0.2, 0) is 12.6 Å². The van der Waals surface area contributed by atoms with Crippen molar-refractivity contribution < 1.29 is 13.2 Å². The highest BCUT2D eigenvalue weighted by Crippen LogP contribution is 2.32. The number of nitrogens with zero attached hydrogens (tertiary/aromatic N) is 1. The van der Waals surface area contributed by atoms with Crippen LogP contribution in [0.4, 0.5) is 13.2 Å². The molecule has 2 rings (SSSR count). The monoisotopic (exact) mass is 286 g/mol. The molecule has 1 N–H and O–H groups in total. The second kappa shape index (κ2) is 5.71. The Morgan fingerprint density at radius 2 is 2.11 bits per heavy atom. The molecule has 2 nitrogen and oxygen atoms in total. The standard InChI is InChI=1S/C13H13F3N2S/c1-17-6-5-12-18-11(8-19-12)9-3-2-4-10(7-9)13(14,15)16/h2-4,7-8,17H,5-6H2,1H3. The summed E-state index contributed by atoms with van der Waals surface area (Å²) < 4.78 is 37.9. The van der Waals surface area contributed by atoms with E-state index >= 15 is 0 Å². The van der Waals surface area contributed by atoms with Gasteiger partial charge < -0.3 is 5.32 Å². The quantitative estimate of drug-likeness (QED) is 0.929. The molecular formula is C13H13F3N2S. The summed E-state index contributed by atoms with van der Waals surface area (Å²) >= 11 is 1.47. The third kappa shape index (κ3) is 3.54. The van der Waals surface area contributed by atoms with Gasteiger partial charge in [-0.3, -0.25) is 0 Å². The third-order valence-electron chi connectivity index (χ3n) is 2.63. The van der Waals surface area contributed by atoms with Crippen LogP contribution in [0.2, 0.25) is 0 Å². The van der Waals surface area contributed by atoms with Gasteiger partial charge in [0.25, 0.3) is 0 Å². The molecule has 1 aromatic carbocycles. The van der Waals surface area contributed by atoms with Crippen LogP contribution < -0.4 is 5.32 Å². The first-order valence-corrected chi connectivity index (χ1v) is 6.65. The van der Waals surface area contributed by atoms with Gasteiger partial charge in [-0.05, 0) is 19.2 Å². The van der Waals surface area contributed by atoms with Crippen molar-refractivity contribution in [1.29, 1.82) is 0 Å². The maximum absolute atomic E-state index is 12.6. The zero-order valence-electron chi connectivity index (χ0n) is 10.3. The molecule has 0 amide bonds. The predicted molar refractivity (Wildman–Crippen MR) is 70.2 cm³/mol. The fourth-order valence-electron chi connectivity index (χ4n) is 1.65. The van der Waals surface area contributed by atoms with E-state index in [-0.39, 0.29) is 0 Å².